The zero-order valence-corrected chi connectivity index (χ0v) is 12.4. The van der Waals surface area contributed by atoms with E-state index in [1.165, 1.54) is 6.07 Å². The maximum atomic E-state index is 13.5. The van der Waals surface area contributed by atoms with Gasteiger partial charge in [0.2, 0.25) is 5.91 Å². The Labute approximate surface area is 128 Å². The minimum Gasteiger partial charge on any atom is -0.359 e. The van der Waals surface area contributed by atoms with Gasteiger partial charge in [-0.15, -0.1) is 0 Å². The summed E-state index contributed by atoms with van der Waals surface area (Å²) in [6, 6.07) is 11.3. The van der Waals surface area contributed by atoms with Gasteiger partial charge in [0.15, 0.2) is 0 Å². The van der Waals surface area contributed by atoms with Gasteiger partial charge in [0, 0.05) is 18.3 Å². The Balaban J connectivity index is 2.05. The molecule has 4 nitrogen and oxygen atoms in total. The van der Waals surface area contributed by atoms with Gasteiger partial charge in [-0.25, -0.2) is 4.39 Å². The van der Waals surface area contributed by atoms with Gasteiger partial charge in [0.1, 0.15) is 5.82 Å². The van der Waals surface area contributed by atoms with Crippen LogP contribution in [0.5, 0.6) is 0 Å². The maximum Gasteiger partial charge on any atom is 0.255 e. The predicted molar refractivity (Wildman–Crippen MR) is 83.3 cm³/mol. The Morgan fingerprint density at radius 1 is 1.09 bits per heavy atom. The Bertz CT molecular complexity index is 696. The first-order valence-electron chi connectivity index (χ1n) is 6.86. The molecule has 0 saturated heterocycles. The minimum absolute atomic E-state index is 0.0769. The quantitative estimate of drug-likeness (QED) is 0.912. The summed E-state index contributed by atoms with van der Waals surface area (Å²) in [7, 11) is 1.58. The first-order valence-corrected chi connectivity index (χ1v) is 6.86. The molecular weight excluding hydrogens is 283 g/mol. The van der Waals surface area contributed by atoms with Crippen molar-refractivity contribution in [2.75, 3.05) is 12.4 Å². The van der Waals surface area contributed by atoms with Crippen LogP contribution < -0.4 is 10.6 Å². The standard InChI is InChI=1S/C17H17FN2O2/c1-11-3-6-13(10-15(11)18)17(22)20-14-7-4-12(5-8-14)9-16(21)19-2/h3-8,10H,9H2,1-2H3,(H,19,21)(H,20,22). The van der Waals surface area contributed by atoms with Crippen LogP contribution in [0.1, 0.15) is 21.5 Å². The summed E-state index contributed by atoms with van der Waals surface area (Å²) >= 11 is 0. The minimum atomic E-state index is -0.409. The summed E-state index contributed by atoms with van der Waals surface area (Å²) in [5.74, 6) is -0.863. The van der Waals surface area contributed by atoms with E-state index in [0.29, 0.717) is 11.3 Å². The van der Waals surface area contributed by atoms with Gasteiger partial charge in [0.05, 0.1) is 6.42 Å². The van der Waals surface area contributed by atoms with Gasteiger partial charge in [-0.05, 0) is 42.3 Å². The van der Waals surface area contributed by atoms with Crippen LogP contribution in [0.4, 0.5) is 10.1 Å². The van der Waals surface area contributed by atoms with Crippen LogP contribution in [0.25, 0.3) is 0 Å². The molecule has 2 N–H and O–H groups in total. The molecule has 114 valence electrons. The number of hydrogen-bond donors (Lipinski definition) is 2. The smallest absolute Gasteiger partial charge is 0.255 e. The summed E-state index contributed by atoms with van der Waals surface area (Å²) in [4.78, 5) is 23.3. The fourth-order valence-corrected chi connectivity index (χ4v) is 1.92. The molecule has 5 heteroatoms. The summed E-state index contributed by atoms with van der Waals surface area (Å²) in [6.07, 6.45) is 0.286. The van der Waals surface area contributed by atoms with E-state index < -0.39 is 5.82 Å². The number of carbonyl (C=O) groups excluding carboxylic acids is 2. The van der Waals surface area contributed by atoms with E-state index in [0.717, 1.165) is 5.56 Å². The summed E-state index contributed by atoms with van der Waals surface area (Å²) < 4.78 is 13.5. The zero-order chi connectivity index (χ0) is 16.1. The van der Waals surface area contributed by atoms with Crippen molar-refractivity contribution in [3.8, 4) is 0 Å². The number of likely N-dealkylation sites (N-methyl/N-ethyl adjacent to an activating group) is 1. The van der Waals surface area contributed by atoms with E-state index in [2.05, 4.69) is 10.6 Å². The molecule has 0 unspecified atom stereocenters. The number of hydrogen-bond acceptors (Lipinski definition) is 2. The number of nitrogens with one attached hydrogen (secondary N) is 2. The van der Waals surface area contributed by atoms with E-state index in [1.807, 2.05) is 0 Å². The third kappa shape index (κ3) is 3.91. The second-order valence-electron chi connectivity index (χ2n) is 4.96. The fourth-order valence-electron chi connectivity index (χ4n) is 1.92. The number of rotatable bonds is 4. The van der Waals surface area contributed by atoms with Gasteiger partial charge in [-0.2, -0.15) is 0 Å². The van der Waals surface area contributed by atoms with Crippen molar-refractivity contribution in [2.45, 2.75) is 13.3 Å². The first-order chi connectivity index (χ1) is 10.5. The highest BCUT2D eigenvalue weighted by Crippen LogP contribution is 2.14. The molecule has 0 saturated carbocycles. The molecule has 0 bridgehead atoms. The number of carbonyl (C=O) groups is 2. The molecular formula is C17H17FN2O2. The Kier molecular flexibility index (Phi) is 4.88. The molecule has 0 aliphatic rings. The van der Waals surface area contributed by atoms with Crippen LogP contribution in [-0.2, 0) is 11.2 Å². The lowest BCUT2D eigenvalue weighted by molar-refractivity contribution is -0.119. The Hall–Kier alpha value is -2.69. The summed E-state index contributed by atoms with van der Waals surface area (Å²) in [5, 5.41) is 5.24. The maximum absolute atomic E-state index is 13.5. The lowest BCUT2D eigenvalue weighted by Crippen LogP contribution is -2.19. The van der Waals surface area contributed by atoms with E-state index in [1.54, 1.807) is 50.4 Å². The molecule has 2 rings (SSSR count). The predicted octanol–water partition coefficient (Wildman–Crippen LogP) is 2.67. The highest BCUT2D eigenvalue weighted by atomic mass is 19.1. The molecule has 2 amide bonds. The zero-order valence-electron chi connectivity index (χ0n) is 12.4. The molecule has 0 aliphatic heterocycles. The Morgan fingerprint density at radius 2 is 1.77 bits per heavy atom. The van der Waals surface area contributed by atoms with E-state index in [-0.39, 0.29) is 23.8 Å². The molecule has 2 aromatic carbocycles. The van der Waals surface area contributed by atoms with E-state index in [9.17, 15) is 14.0 Å². The van der Waals surface area contributed by atoms with Gasteiger partial charge in [-0.3, -0.25) is 9.59 Å². The third-order valence-corrected chi connectivity index (χ3v) is 3.29. The molecule has 2 aromatic rings. The van der Waals surface area contributed by atoms with Gasteiger partial charge in [-0.1, -0.05) is 18.2 Å². The lowest BCUT2D eigenvalue weighted by Gasteiger charge is -2.07. The molecule has 0 aromatic heterocycles. The molecule has 0 heterocycles. The number of halogens is 1. The number of anilines is 1. The molecule has 0 radical (unpaired) electrons. The van der Waals surface area contributed by atoms with Crippen molar-refractivity contribution in [1.82, 2.24) is 5.32 Å². The third-order valence-electron chi connectivity index (χ3n) is 3.29. The highest BCUT2D eigenvalue weighted by Gasteiger charge is 2.09. The molecule has 0 aliphatic carbocycles. The van der Waals surface area contributed by atoms with Crippen LogP contribution in [-0.4, -0.2) is 18.9 Å². The van der Waals surface area contributed by atoms with Crippen molar-refractivity contribution in [3.05, 3.63) is 65.0 Å². The number of aryl methyl sites for hydroxylation is 1. The monoisotopic (exact) mass is 300 g/mol. The molecule has 0 atom stereocenters. The first kappa shape index (κ1) is 15.7. The average molecular weight is 300 g/mol. The number of amides is 2. The summed E-state index contributed by atoms with van der Waals surface area (Å²) in [5.41, 5.74) is 2.19. The SMILES string of the molecule is CNC(=O)Cc1ccc(NC(=O)c2ccc(C)c(F)c2)cc1. The van der Waals surface area contributed by atoms with Crippen LogP contribution in [0.15, 0.2) is 42.5 Å². The van der Waals surface area contributed by atoms with Crippen LogP contribution in [0, 0.1) is 12.7 Å². The summed E-state index contributed by atoms with van der Waals surface area (Å²) in [6.45, 7) is 1.64. The van der Waals surface area contributed by atoms with Crippen LogP contribution in [0.3, 0.4) is 0 Å². The van der Waals surface area contributed by atoms with Gasteiger partial charge < -0.3 is 10.6 Å². The van der Waals surface area contributed by atoms with Crippen molar-refractivity contribution in [3.63, 3.8) is 0 Å². The van der Waals surface area contributed by atoms with Crippen molar-refractivity contribution in [1.29, 1.82) is 0 Å². The lowest BCUT2D eigenvalue weighted by atomic mass is 10.1. The van der Waals surface area contributed by atoms with E-state index in [4.69, 9.17) is 0 Å². The second-order valence-corrected chi connectivity index (χ2v) is 4.96. The normalized spacial score (nSPS) is 10.1. The number of benzene rings is 2. The van der Waals surface area contributed by atoms with Crippen molar-refractivity contribution < 1.29 is 14.0 Å². The topological polar surface area (TPSA) is 58.2 Å². The van der Waals surface area contributed by atoms with E-state index >= 15 is 0 Å². The largest absolute Gasteiger partial charge is 0.359 e. The average Bonchev–Trinajstić information content (AvgIpc) is 2.51. The van der Waals surface area contributed by atoms with Crippen LogP contribution >= 0.6 is 0 Å². The van der Waals surface area contributed by atoms with Crippen molar-refractivity contribution >= 4 is 17.5 Å². The highest BCUT2D eigenvalue weighted by molar-refractivity contribution is 6.04. The van der Waals surface area contributed by atoms with Crippen LogP contribution in [0.2, 0.25) is 0 Å². The van der Waals surface area contributed by atoms with Crippen molar-refractivity contribution in [2.24, 2.45) is 0 Å². The molecule has 22 heavy (non-hydrogen) atoms. The molecule has 0 spiro atoms. The second kappa shape index (κ2) is 6.85. The van der Waals surface area contributed by atoms with Gasteiger partial charge in [0.25, 0.3) is 5.91 Å². The molecule has 0 fully saturated rings. The van der Waals surface area contributed by atoms with Gasteiger partial charge >= 0.3 is 0 Å². The fraction of sp³-hybridized carbons (Fsp3) is 0.176. The Morgan fingerprint density at radius 3 is 2.36 bits per heavy atom.